The van der Waals surface area contributed by atoms with Crippen molar-refractivity contribution in [1.82, 2.24) is 9.97 Å². The fraction of sp³-hybridized carbons (Fsp3) is 0.600. The summed E-state index contributed by atoms with van der Waals surface area (Å²) in [5.74, 6) is 0.591. The lowest BCUT2D eigenvalue weighted by Gasteiger charge is -2.08. The topological polar surface area (TPSA) is 37.8 Å². The van der Waals surface area contributed by atoms with Crippen molar-refractivity contribution in [3.8, 4) is 0 Å². The standard InChI is InChI=1S/C10H16ClN3/c1-4-5-6-8-7(2)13-10(12-3)14-9(8)11/h4-6H2,1-3H3,(H,12,13,14). The monoisotopic (exact) mass is 213 g/mol. The van der Waals surface area contributed by atoms with Gasteiger partial charge in [-0.1, -0.05) is 24.9 Å². The number of nitrogens with zero attached hydrogens (tertiary/aromatic N) is 2. The summed E-state index contributed by atoms with van der Waals surface area (Å²) in [6.45, 7) is 4.13. The Bertz CT molecular complexity index is 289. The summed E-state index contributed by atoms with van der Waals surface area (Å²) < 4.78 is 0. The Morgan fingerprint density at radius 2 is 2.07 bits per heavy atom. The molecule has 0 saturated carbocycles. The first kappa shape index (κ1) is 11.2. The van der Waals surface area contributed by atoms with Crippen LogP contribution < -0.4 is 5.32 Å². The highest BCUT2D eigenvalue weighted by Crippen LogP contribution is 2.20. The predicted octanol–water partition coefficient (Wildman–Crippen LogP) is 2.82. The van der Waals surface area contributed by atoms with E-state index in [4.69, 9.17) is 11.6 Å². The van der Waals surface area contributed by atoms with Crippen LogP contribution in [0.3, 0.4) is 0 Å². The molecule has 0 atom stereocenters. The molecule has 0 bridgehead atoms. The van der Waals surface area contributed by atoms with Crippen LogP contribution in [0.4, 0.5) is 5.95 Å². The zero-order valence-electron chi connectivity index (χ0n) is 8.89. The molecule has 1 rings (SSSR count). The van der Waals surface area contributed by atoms with Crippen LogP contribution in [-0.2, 0) is 6.42 Å². The van der Waals surface area contributed by atoms with Crippen LogP contribution in [0.1, 0.15) is 31.0 Å². The normalized spacial score (nSPS) is 10.3. The number of anilines is 1. The first-order valence-corrected chi connectivity index (χ1v) is 5.27. The summed E-state index contributed by atoms with van der Waals surface area (Å²) in [7, 11) is 1.79. The zero-order chi connectivity index (χ0) is 10.6. The Balaban J connectivity index is 2.93. The number of rotatable bonds is 4. The van der Waals surface area contributed by atoms with Gasteiger partial charge in [0.15, 0.2) is 0 Å². The lowest BCUT2D eigenvalue weighted by atomic mass is 10.1. The van der Waals surface area contributed by atoms with Gasteiger partial charge >= 0.3 is 0 Å². The van der Waals surface area contributed by atoms with E-state index in [1.54, 1.807) is 7.05 Å². The Labute approximate surface area is 89.9 Å². The minimum Gasteiger partial charge on any atom is -0.357 e. The summed E-state index contributed by atoms with van der Waals surface area (Å²) in [6.07, 6.45) is 3.25. The zero-order valence-corrected chi connectivity index (χ0v) is 9.65. The van der Waals surface area contributed by atoms with Gasteiger partial charge in [-0.2, -0.15) is 0 Å². The first-order valence-electron chi connectivity index (χ1n) is 4.89. The molecule has 0 aliphatic heterocycles. The maximum absolute atomic E-state index is 6.06. The fourth-order valence-corrected chi connectivity index (χ4v) is 1.62. The van der Waals surface area contributed by atoms with Gasteiger partial charge in [0.2, 0.25) is 5.95 Å². The largest absolute Gasteiger partial charge is 0.357 e. The molecule has 3 nitrogen and oxygen atoms in total. The molecule has 0 aliphatic carbocycles. The predicted molar refractivity (Wildman–Crippen MR) is 59.9 cm³/mol. The molecule has 0 fully saturated rings. The number of halogens is 1. The molecule has 0 amide bonds. The van der Waals surface area contributed by atoms with E-state index >= 15 is 0 Å². The third kappa shape index (κ3) is 2.58. The van der Waals surface area contributed by atoms with E-state index in [1.165, 1.54) is 0 Å². The van der Waals surface area contributed by atoms with Gasteiger partial charge in [-0.05, 0) is 19.8 Å². The lowest BCUT2D eigenvalue weighted by Crippen LogP contribution is -2.03. The molecule has 0 aromatic carbocycles. The molecule has 1 aromatic heterocycles. The molecular weight excluding hydrogens is 198 g/mol. The number of unbranched alkanes of at least 4 members (excludes halogenated alkanes) is 1. The van der Waals surface area contributed by atoms with Gasteiger partial charge in [-0.3, -0.25) is 0 Å². The van der Waals surface area contributed by atoms with Crippen LogP contribution in [0.2, 0.25) is 5.15 Å². The van der Waals surface area contributed by atoms with Gasteiger partial charge < -0.3 is 5.32 Å². The van der Waals surface area contributed by atoms with Crippen molar-refractivity contribution in [2.45, 2.75) is 33.1 Å². The van der Waals surface area contributed by atoms with Gasteiger partial charge in [0.05, 0.1) is 0 Å². The molecule has 0 unspecified atom stereocenters. The third-order valence-electron chi connectivity index (χ3n) is 2.17. The van der Waals surface area contributed by atoms with E-state index < -0.39 is 0 Å². The van der Waals surface area contributed by atoms with Gasteiger partial charge in [-0.25, -0.2) is 9.97 Å². The summed E-state index contributed by atoms with van der Waals surface area (Å²) in [4.78, 5) is 8.45. The van der Waals surface area contributed by atoms with Crippen molar-refractivity contribution < 1.29 is 0 Å². The van der Waals surface area contributed by atoms with E-state index in [1.807, 2.05) is 6.92 Å². The Morgan fingerprint density at radius 1 is 1.36 bits per heavy atom. The van der Waals surface area contributed by atoms with Crippen LogP contribution in [0.25, 0.3) is 0 Å². The minimum atomic E-state index is 0.579. The van der Waals surface area contributed by atoms with E-state index in [0.717, 1.165) is 30.5 Å². The average molecular weight is 214 g/mol. The molecule has 1 N–H and O–H groups in total. The number of hydrogen-bond donors (Lipinski definition) is 1. The Morgan fingerprint density at radius 3 is 2.57 bits per heavy atom. The van der Waals surface area contributed by atoms with Crippen LogP contribution in [0.5, 0.6) is 0 Å². The van der Waals surface area contributed by atoms with E-state index in [9.17, 15) is 0 Å². The second-order valence-corrected chi connectivity index (χ2v) is 3.61. The maximum atomic E-state index is 6.06. The van der Waals surface area contributed by atoms with Crippen LogP contribution in [0, 0.1) is 6.92 Å². The summed E-state index contributed by atoms with van der Waals surface area (Å²) in [5.41, 5.74) is 2.05. The number of nitrogens with one attached hydrogen (secondary N) is 1. The van der Waals surface area contributed by atoms with Crippen molar-refractivity contribution in [3.63, 3.8) is 0 Å². The SMILES string of the molecule is CCCCc1c(C)nc(NC)nc1Cl. The second kappa shape index (κ2) is 5.15. The fourth-order valence-electron chi connectivity index (χ4n) is 1.31. The summed E-state index contributed by atoms with van der Waals surface area (Å²) >= 11 is 6.06. The molecule has 1 aromatic rings. The molecule has 0 spiro atoms. The van der Waals surface area contributed by atoms with Crippen LogP contribution in [-0.4, -0.2) is 17.0 Å². The molecular formula is C10H16ClN3. The molecule has 0 radical (unpaired) electrons. The van der Waals surface area contributed by atoms with Crippen LogP contribution >= 0.6 is 11.6 Å². The molecule has 78 valence electrons. The average Bonchev–Trinajstić information content (AvgIpc) is 2.16. The van der Waals surface area contributed by atoms with Crippen molar-refractivity contribution >= 4 is 17.5 Å². The highest BCUT2D eigenvalue weighted by atomic mass is 35.5. The lowest BCUT2D eigenvalue weighted by molar-refractivity contribution is 0.782. The van der Waals surface area contributed by atoms with E-state index in [0.29, 0.717) is 11.1 Å². The van der Waals surface area contributed by atoms with Crippen molar-refractivity contribution in [3.05, 3.63) is 16.4 Å². The van der Waals surface area contributed by atoms with Gasteiger partial charge in [0.1, 0.15) is 5.15 Å². The van der Waals surface area contributed by atoms with Crippen molar-refractivity contribution in [2.24, 2.45) is 0 Å². The van der Waals surface area contributed by atoms with Gasteiger partial charge in [0, 0.05) is 18.3 Å². The highest BCUT2D eigenvalue weighted by Gasteiger charge is 2.08. The second-order valence-electron chi connectivity index (χ2n) is 3.26. The van der Waals surface area contributed by atoms with Crippen LogP contribution in [0.15, 0.2) is 0 Å². The van der Waals surface area contributed by atoms with E-state index in [2.05, 4.69) is 22.2 Å². The quantitative estimate of drug-likeness (QED) is 0.782. The summed E-state index contributed by atoms with van der Waals surface area (Å²) in [5, 5.41) is 3.46. The Hall–Kier alpha value is -0.830. The minimum absolute atomic E-state index is 0.579. The molecule has 0 saturated heterocycles. The molecule has 4 heteroatoms. The molecule has 0 aliphatic rings. The number of aromatic nitrogens is 2. The van der Waals surface area contributed by atoms with Crippen molar-refractivity contribution in [1.29, 1.82) is 0 Å². The number of aryl methyl sites for hydroxylation is 1. The third-order valence-corrected chi connectivity index (χ3v) is 2.48. The van der Waals surface area contributed by atoms with Gasteiger partial charge in [0.25, 0.3) is 0 Å². The molecule has 14 heavy (non-hydrogen) atoms. The highest BCUT2D eigenvalue weighted by molar-refractivity contribution is 6.30. The van der Waals surface area contributed by atoms with Crippen molar-refractivity contribution in [2.75, 3.05) is 12.4 Å². The summed E-state index contributed by atoms with van der Waals surface area (Å²) in [6, 6.07) is 0. The maximum Gasteiger partial charge on any atom is 0.224 e. The smallest absolute Gasteiger partial charge is 0.224 e. The van der Waals surface area contributed by atoms with E-state index in [-0.39, 0.29) is 0 Å². The Kier molecular flexibility index (Phi) is 4.14. The van der Waals surface area contributed by atoms with Gasteiger partial charge in [-0.15, -0.1) is 0 Å². The number of hydrogen-bond acceptors (Lipinski definition) is 3. The first-order chi connectivity index (χ1) is 6.69. The molecule has 1 heterocycles.